The van der Waals surface area contributed by atoms with E-state index < -0.39 is 0 Å². The van der Waals surface area contributed by atoms with Crippen molar-refractivity contribution in [1.82, 2.24) is 15.2 Å². The number of aromatic nitrogens is 1. The van der Waals surface area contributed by atoms with Crippen LogP contribution in [0.4, 0.5) is 0 Å². The minimum Gasteiger partial charge on any atom is -0.454 e. The molecule has 1 amide bonds. The highest BCUT2D eigenvalue weighted by atomic mass is 35.5. The van der Waals surface area contributed by atoms with Crippen molar-refractivity contribution in [3.05, 3.63) is 63.4 Å². The third kappa shape index (κ3) is 5.16. The number of thiazole rings is 1. The molecule has 1 fully saturated rings. The average molecular weight is 484 g/mol. The molecule has 3 heterocycles. The number of halogens is 1. The summed E-state index contributed by atoms with van der Waals surface area (Å²) < 4.78 is 10.8. The fraction of sp³-hybridized carbons (Fsp3) is 0.360. The highest BCUT2D eigenvalue weighted by Crippen LogP contribution is 2.36. The van der Waals surface area contributed by atoms with Crippen molar-refractivity contribution in [2.75, 3.05) is 19.9 Å². The molecule has 0 bridgehead atoms. The van der Waals surface area contributed by atoms with Gasteiger partial charge in [0.05, 0.1) is 10.7 Å². The molecule has 0 spiro atoms. The minimum atomic E-state index is 0.239. The molecule has 33 heavy (non-hydrogen) atoms. The first-order valence-corrected chi connectivity index (χ1v) is 12.5. The standard InChI is InChI=1S/C25H26ClN3O3S/c26-20-13-23-22(31-16-32-23)12-18(20)14-27-10-8-19-6-7-25(30)29(19)11-9-24-28-21(15-33-24)17-4-2-1-3-5-17/h1-5,12-13,15,19,27H,6-11,14,16H2. The molecule has 0 radical (unpaired) electrons. The van der Waals surface area contributed by atoms with Crippen molar-refractivity contribution >= 4 is 28.8 Å². The maximum Gasteiger partial charge on any atom is 0.231 e. The van der Waals surface area contributed by atoms with E-state index in [9.17, 15) is 4.79 Å². The third-order valence-corrected chi connectivity index (χ3v) is 7.41. The first kappa shape index (κ1) is 22.2. The number of fused-ring (bicyclic) bond motifs is 1. The SMILES string of the molecule is O=C1CCC(CCNCc2cc3c(cc2Cl)OCO3)N1CCc1nc(-c2ccccc2)cs1. The molecule has 1 aromatic heterocycles. The quantitative estimate of drug-likeness (QED) is 0.438. The van der Waals surface area contributed by atoms with Crippen LogP contribution >= 0.6 is 22.9 Å². The summed E-state index contributed by atoms with van der Waals surface area (Å²) in [4.78, 5) is 19.3. The lowest BCUT2D eigenvalue weighted by molar-refractivity contribution is -0.129. The summed E-state index contributed by atoms with van der Waals surface area (Å²) in [6, 6.07) is 14.2. The van der Waals surface area contributed by atoms with Gasteiger partial charge in [-0.25, -0.2) is 4.98 Å². The summed E-state index contributed by atoms with van der Waals surface area (Å²) in [6.45, 7) is 2.42. The van der Waals surface area contributed by atoms with Crippen molar-refractivity contribution in [2.45, 2.75) is 38.3 Å². The molecule has 0 saturated carbocycles. The van der Waals surface area contributed by atoms with Crippen molar-refractivity contribution in [2.24, 2.45) is 0 Å². The van der Waals surface area contributed by atoms with Crippen LogP contribution in [0.25, 0.3) is 11.3 Å². The minimum absolute atomic E-state index is 0.239. The van der Waals surface area contributed by atoms with Gasteiger partial charge in [-0.1, -0.05) is 41.9 Å². The monoisotopic (exact) mass is 483 g/mol. The largest absolute Gasteiger partial charge is 0.454 e. The number of hydrogen-bond donors (Lipinski definition) is 1. The molecule has 0 aliphatic carbocycles. The van der Waals surface area contributed by atoms with Gasteiger partial charge in [0.25, 0.3) is 0 Å². The number of carbonyl (C=O) groups excluding carboxylic acids is 1. The Labute approximate surface area is 202 Å². The summed E-state index contributed by atoms with van der Waals surface area (Å²) in [5, 5.41) is 7.30. The van der Waals surface area contributed by atoms with Gasteiger partial charge in [-0.2, -0.15) is 0 Å². The molecule has 8 heteroatoms. The topological polar surface area (TPSA) is 63.7 Å². The Balaban J connectivity index is 1.11. The van der Waals surface area contributed by atoms with Crippen LogP contribution in [0.3, 0.4) is 0 Å². The number of benzene rings is 2. The summed E-state index contributed by atoms with van der Waals surface area (Å²) in [7, 11) is 0. The number of nitrogens with zero attached hydrogens (tertiary/aromatic N) is 2. The van der Waals surface area contributed by atoms with Crippen LogP contribution in [0.2, 0.25) is 5.02 Å². The highest BCUT2D eigenvalue weighted by Gasteiger charge is 2.30. The Morgan fingerprint density at radius 2 is 2.00 bits per heavy atom. The zero-order chi connectivity index (χ0) is 22.6. The van der Waals surface area contributed by atoms with Crippen molar-refractivity contribution in [3.63, 3.8) is 0 Å². The molecule has 172 valence electrons. The van der Waals surface area contributed by atoms with Gasteiger partial charge in [0, 0.05) is 54.0 Å². The van der Waals surface area contributed by atoms with E-state index in [1.54, 1.807) is 17.4 Å². The predicted molar refractivity (Wildman–Crippen MR) is 130 cm³/mol. The molecule has 5 rings (SSSR count). The summed E-state index contributed by atoms with van der Waals surface area (Å²) in [5.41, 5.74) is 3.12. The lowest BCUT2D eigenvalue weighted by Crippen LogP contribution is -2.36. The normalized spacial score (nSPS) is 17.2. The van der Waals surface area contributed by atoms with Gasteiger partial charge in [0.2, 0.25) is 12.7 Å². The Kier molecular flexibility index (Phi) is 6.80. The van der Waals surface area contributed by atoms with Crippen LogP contribution in [-0.4, -0.2) is 41.7 Å². The molecular formula is C25H26ClN3O3S. The van der Waals surface area contributed by atoms with Gasteiger partial charge in [-0.3, -0.25) is 4.79 Å². The number of nitrogens with one attached hydrogen (secondary N) is 1. The third-order valence-electron chi connectivity index (χ3n) is 6.15. The number of carbonyl (C=O) groups is 1. The second-order valence-corrected chi connectivity index (χ2v) is 9.63. The van der Waals surface area contributed by atoms with Gasteiger partial charge in [-0.05, 0) is 31.0 Å². The number of ether oxygens (including phenoxy) is 2. The van der Waals surface area contributed by atoms with Crippen LogP contribution < -0.4 is 14.8 Å². The number of amides is 1. The van der Waals surface area contributed by atoms with Gasteiger partial charge in [0.15, 0.2) is 11.5 Å². The van der Waals surface area contributed by atoms with Gasteiger partial charge in [0.1, 0.15) is 0 Å². The van der Waals surface area contributed by atoms with E-state index in [-0.39, 0.29) is 18.7 Å². The first-order chi connectivity index (χ1) is 16.2. The van der Waals surface area contributed by atoms with E-state index >= 15 is 0 Å². The zero-order valence-electron chi connectivity index (χ0n) is 18.3. The number of rotatable bonds is 9. The maximum atomic E-state index is 12.5. The van der Waals surface area contributed by atoms with E-state index in [4.69, 9.17) is 26.1 Å². The lowest BCUT2D eigenvalue weighted by Gasteiger charge is -2.24. The Hall–Kier alpha value is -2.61. The van der Waals surface area contributed by atoms with E-state index in [0.717, 1.165) is 59.9 Å². The van der Waals surface area contributed by atoms with Crippen LogP contribution in [0.1, 0.15) is 29.8 Å². The second kappa shape index (κ2) is 10.1. The van der Waals surface area contributed by atoms with E-state index in [1.165, 1.54) is 0 Å². The maximum absolute atomic E-state index is 12.5. The molecule has 6 nitrogen and oxygen atoms in total. The average Bonchev–Trinajstić information content (AvgIpc) is 3.56. The van der Waals surface area contributed by atoms with Gasteiger partial charge < -0.3 is 19.7 Å². The molecular weight excluding hydrogens is 458 g/mol. The van der Waals surface area contributed by atoms with Crippen molar-refractivity contribution in [3.8, 4) is 22.8 Å². The predicted octanol–water partition coefficient (Wildman–Crippen LogP) is 4.91. The molecule has 1 saturated heterocycles. The summed E-state index contributed by atoms with van der Waals surface area (Å²) >= 11 is 8.03. The van der Waals surface area contributed by atoms with Crippen LogP contribution in [0, 0.1) is 0 Å². The van der Waals surface area contributed by atoms with E-state index in [1.807, 2.05) is 29.2 Å². The van der Waals surface area contributed by atoms with E-state index in [2.05, 4.69) is 22.8 Å². The zero-order valence-corrected chi connectivity index (χ0v) is 19.8. The van der Waals surface area contributed by atoms with E-state index in [0.29, 0.717) is 23.7 Å². The van der Waals surface area contributed by atoms with Crippen LogP contribution in [0.15, 0.2) is 47.8 Å². The van der Waals surface area contributed by atoms with Crippen LogP contribution in [0.5, 0.6) is 11.5 Å². The molecule has 1 unspecified atom stereocenters. The first-order valence-electron chi connectivity index (χ1n) is 11.3. The molecule has 1 N–H and O–H groups in total. The molecule has 2 aliphatic rings. The highest BCUT2D eigenvalue weighted by molar-refractivity contribution is 7.09. The van der Waals surface area contributed by atoms with Crippen molar-refractivity contribution in [1.29, 1.82) is 0 Å². The molecule has 2 aromatic carbocycles. The molecule has 3 aromatic rings. The molecule has 1 atom stereocenters. The Bertz CT molecular complexity index is 1120. The number of hydrogen-bond acceptors (Lipinski definition) is 6. The summed E-state index contributed by atoms with van der Waals surface area (Å²) in [5.74, 6) is 1.68. The fourth-order valence-corrected chi connectivity index (χ4v) is 5.39. The number of likely N-dealkylation sites (tertiary alicyclic amines) is 1. The Morgan fingerprint density at radius 3 is 2.85 bits per heavy atom. The fourth-order valence-electron chi connectivity index (χ4n) is 4.37. The lowest BCUT2D eigenvalue weighted by atomic mass is 10.1. The smallest absolute Gasteiger partial charge is 0.231 e. The summed E-state index contributed by atoms with van der Waals surface area (Å²) in [6.07, 6.45) is 3.26. The van der Waals surface area contributed by atoms with Crippen LogP contribution in [-0.2, 0) is 17.8 Å². The van der Waals surface area contributed by atoms with Gasteiger partial charge >= 0.3 is 0 Å². The Morgan fingerprint density at radius 1 is 1.18 bits per heavy atom. The van der Waals surface area contributed by atoms with Gasteiger partial charge in [-0.15, -0.1) is 11.3 Å². The second-order valence-electron chi connectivity index (χ2n) is 8.28. The van der Waals surface area contributed by atoms with Crippen molar-refractivity contribution < 1.29 is 14.3 Å². The molecule has 2 aliphatic heterocycles.